The molecule has 0 aliphatic rings. The van der Waals surface area contributed by atoms with E-state index < -0.39 is 0 Å². The number of thiazole rings is 1. The van der Waals surface area contributed by atoms with Crippen LogP contribution in [0.25, 0.3) is 0 Å². The van der Waals surface area contributed by atoms with Gasteiger partial charge in [-0.05, 0) is 42.0 Å². The zero-order valence-corrected chi connectivity index (χ0v) is 15.8. The Morgan fingerprint density at radius 1 is 1.00 bits per heavy atom. The summed E-state index contributed by atoms with van der Waals surface area (Å²) in [4.78, 5) is 27.8. The second-order valence-electron chi connectivity index (χ2n) is 5.86. The Balaban J connectivity index is 1.61. The molecule has 2 N–H and O–H groups in total. The normalized spacial score (nSPS) is 10.3. The van der Waals surface area contributed by atoms with Crippen molar-refractivity contribution in [3.8, 4) is 5.75 Å². The van der Waals surface area contributed by atoms with Crippen LogP contribution in [0.4, 0.5) is 11.4 Å². The Morgan fingerprint density at radius 3 is 2.22 bits per heavy atom. The van der Waals surface area contributed by atoms with Crippen molar-refractivity contribution < 1.29 is 14.3 Å². The van der Waals surface area contributed by atoms with E-state index in [-0.39, 0.29) is 11.8 Å². The molecule has 0 aliphatic heterocycles. The van der Waals surface area contributed by atoms with Crippen LogP contribution >= 0.6 is 11.3 Å². The predicted octanol–water partition coefficient (Wildman–Crippen LogP) is 3.95. The monoisotopic (exact) mass is 381 g/mol. The first kappa shape index (κ1) is 18.6. The fraction of sp³-hybridized carbons (Fsp3) is 0.150. The van der Waals surface area contributed by atoms with Crippen molar-refractivity contribution in [1.29, 1.82) is 0 Å². The first-order valence-electron chi connectivity index (χ1n) is 8.30. The van der Waals surface area contributed by atoms with Crippen LogP contribution < -0.4 is 15.4 Å². The molecule has 1 aromatic heterocycles. The minimum Gasteiger partial charge on any atom is -0.497 e. The number of methoxy groups -OCH3 is 1. The van der Waals surface area contributed by atoms with Gasteiger partial charge in [0, 0.05) is 30.1 Å². The van der Waals surface area contributed by atoms with Gasteiger partial charge in [-0.2, -0.15) is 0 Å². The molecule has 27 heavy (non-hydrogen) atoms. The maximum absolute atomic E-state index is 12.4. The SMILES string of the molecule is COc1ccc(Cc2nc(C(=O)Nc3ccc(NC(C)=O)cc3)cs2)cc1. The van der Waals surface area contributed by atoms with Gasteiger partial charge in [-0.25, -0.2) is 4.98 Å². The maximum Gasteiger partial charge on any atom is 0.275 e. The molecule has 7 heteroatoms. The summed E-state index contributed by atoms with van der Waals surface area (Å²) in [6.07, 6.45) is 0.660. The second kappa shape index (κ2) is 8.46. The third-order valence-electron chi connectivity index (χ3n) is 3.76. The third-order valence-corrected chi connectivity index (χ3v) is 4.61. The summed E-state index contributed by atoms with van der Waals surface area (Å²) < 4.78 is 5.15. The standard InChI is InChI=1S/C20H19N3O3S/c1-13(24)21-15-5-7-16(8-6-15)22-20(25)18-12-27-19(23-18)11-14-3-9-17(26-2)10-4-14/h3-10,12H,11H2,1-2H3,(H,21,24)(H,22,25). The minimum absolute atomic E-state index is 0.140. The lowest BCUT2D eigenvalue weighted by Gasteiger charge is -2.05. The largest absolute Gasteiger partial charge is 0.497 e. The van der Waals surface area contributed by atoms with Crippen LogP contribution in [0.5, 0.6) is 5.75 Å². The number of carbonyl (C=O) groups is 2. The Morgan fingerprint density at radius 2 is 1.63 bits per heavy atom. The van der Waals surface area contributed by atoms with Crippen LogP contribution in [-0.4, -0.2) is 23.9 Å². The van der Waals surface area contributed by atoms with Crippen LogP contribution in [0.2, 0.25) is 0 Å². The molecular weight excluding hydrogens is 362 g/mol. The number of benzene rings is 2. The lowest BCUT2D eigenvalue weighted by atomic mass is 10.1. The quantitative estimate of drug-likeness (QED) is 0.677. The van der Waals surface area contributed by atoms with E-state index in [1.54, 1.807) is 36.8 Å². The number of rotatable bonds is 6. The van der Waals surface area contributed by atoms with E-state index in [9.17, 15) is 9.59 Å². The predicted molar refractivity (Wildman–Crippen MR) is 107 cm³/mol. The van der Waals surface area contributed by atoms with E-state index >= 15 is 0 Å². The van der Waals surface area contributed by atoms with E-state index in [0.29, 0.717) is 23.5 Å². The summed E-state index contributed by atoms with van der Waals surface area (Å²) >= 11 is 1.45. The molecule has 3 aromatic rings. The smallest absolute Gasteiger partial charge is 0.275 e. The average Bonchev–Trinajstić information content (AvgIpc) is 3.12. The third kappa shape index (κ3) is 5.15. The number of aromatic nitrogens is 1. The molecule has 2 amide bonds. The van der Waals surface area contributed by atoms with Gasteiger partial charge in [0.25, 0.3) is 5.91 Å². The highest BCUT2D eigenvalue weighted by atomic mass is 32.1. The Hall–Kier alpha value is -3.19. The topological polar surface area (TPSA) is 80.3 Å². The van der Waals surface area contributed by atoms with Gasteiger partial charge in [0.2, 0.25) is 5.91 Å². The molecular formula is C20H19N3O3S. The molecule has 6 nitrogen and oxygen atoms in total. The van der Waals surface area contributed by atoms with Gasteiger partial charge < -0.3 is 15.4 Å². The molecule has 0 radical (unpaired) electrons. The van der Waals surface area contributed by atoms with E-state index in [4.69, 9.17) is 4.74 Å². The Labute approximate surface area is 161 Å². The summed E-state index contributed by atoms with van der Waals surface area (Å²) in [5, 5.41) is 8.10. The van der Waals surface area contributed by atoms with Gasteiger partial charge in [-0.15, -0.1) is 11.3 Å². The highest BCUT2D eigenvalue weighted by molar-refractivity contribution is 7.09. The average molecular weight is 381 g/mol. The molecule has 1 heterocycles. The van der Waals surface area contributed by atoms with Crippen LogP contribution in [0.3, 0.4) is 0 Å². The molecule has 0 aliphatic carbocycles. The summed E-state index contributed by atoms with van der Waals surface area (Å²) in [6.45, 7) is 1.45. The maximum atomic E-state index is 12.4. The fourth-order valence-electron chi connectivity index (χ4n) is 2.45. The van der Waals surface area contributed by atoms with Crippen molar-refractivity contribution >= 4 is 34.5 Å². The summed E-state index contributed by atoms with van der Waals surface area (Å²) in [6, 6.07) is 14.7. The van der Waals surface area contributed by atoms with Crippen molar-refractivity contribution in [2.24, 2.45) is 0 Å². The molecule has 0 saturated heterocycles. The fourth-order valence-corrected chi connectivity index (χ4v) is 3.26. The first-order valence-corrected chi connectivity index (χ1v) is 9.18. The molecule has 3 rings (SSSR count). The van der Waals surface area contributed by atoms with Gasteiger partial charge in [-0.1, -0.05) is 12.1 Å². The lowest BCUT2D eigenvalue weighted by molar-refractivity contribution is -0.114. The number of carbonyl (C=O) groups excluding carboxylic acids is 2. The molecule has 138 valence electrons. The Bertz CT molecular complexity index is 934. The minimum atomic E-state index is -0.264. The highest BCUT2D eigenvalue weighted by Crippen LogP contribution is 2.19. The number of ether oxygens (including phenoxy) is 1. The van der Waals surface area contributed by atoms with E-state index in [2.05, 4.69) is 15.6 Å². The molecule has 0 fully saturated rings. The van der Waals surface area contributed by atoms with Gasteiger partial charge in [-0.3, -0.25) is 9.59 Å². The van der Waals surface area contributed by atoms with Crippen LogP contribution in [0.15, 0.2) is 53.9 Å². The Kier molecular flexibility index (Phi) is 5.83. The van der Waals surface area contributed by atoms with Gasteiger partial charge >= 0.3 is 0 Å². The summed E-state index contributed by atoms with van der Waals surface area (Å²) in [5.74, 6) is 0.403. The number of hydrogen-bond donors (Lipinski definition) is 2. The number of amides is 2. The molecule has 0 saturated carbocycles. The number of hydrogen-bond acceptors (Lipinski definition) is 5. The lowest BCUT2D eigenvalue weighted by Crippen LogP contribution is -2.12. The highest BCUT2D eigenvalue weighted by Gasteiger charge is 2.11. The number of nitrogens with zero attached hydrogens (tertiary/aromatic N) is 1. The number of anilines is 2. The van der Waals surface area contributed by atoms with Crippen molar-refractivity contribution in [3.63, 3.8) is 0 Å². The second-order valence-corrected chi connectivity index (χ2v) is 6.81. The van der Waals surface area contributed by atoms with E-state index in [0.717, 1.165) is 16.3 Å². The van der Waals surface area contributed by atoms with Crippen molar-refractivity contribution in [2.75, 3.05) is 17.7 Å². The number of nitrogens with one attached hydrogen (secondary N) is 2. The molecule has 0 unspecified atom stereocenters. The molecule has 0 atom stereocenters. The molecule has 0 spiro atoms. The van der Waals surface area contributed by atoms with Crippen molar-refractivity contribution in [3.05, 3.63) is 70.2 Å². The van der Waals surface area contributed by atoms with Crippen molar-refractivity contribution in [1.82, 2.24) is 4.98 Å². The molecule has 2 aromatic carbocycles. The zero-order valence-electron chi connectivity index (χ0n) is 15.0. The van der Waals surface area contributed by atoms with Crippen LogP contribution in [-0.2, 0) is 11.2 Å². The van der Waals surface area contributed by atoms with Gasteiger partial charge in [0.05, 0.1) is 12.1 Å². The zero-order chi connectivity index (χ0) is 19.2. The van der Waals surface area contributed by atoms with E-state index in [1.165, 1.54) is 18.3 Å². The van der Waals surface area contributed by atoms with Crippen molar-refractivity contribution in [2.45, 2.75) is 13.3 Å². The van der Waals surface area contributed by atoms with Crippen LogP contribution in [0, 0.1) is 0 Å². The van der Waals surface area contributed by atoms with Crippen LogP contribution in [0.1, 0.15) is 28.0 Å². The van der Waals surface area contributed by atoms with Gasteiger partial charge in [0.1, 0.15) is 11.4 Å². The summed E-state index contributed by atoms with van der Waals surface area (Å²) in [5.41, 5.74) is 2.80. The summed E-state index contributed by atoms with van der Waals surface area (Å²) in [7, 11) is 1.63. The van der Waals surface area contributed by atoms with E-state index in [1.807, 2.05) is 24.3 Å². The van der Waals surface area contributed by atoms with Gasteiger partial charge in [0.15, 0.2) is 0 Å². The molecule has 0 bridgehead atoms. The first-order chi connectivity index (χ1) is 13.0.